The van der Waals surface area contributed by atoms with E-state index in [1.165, 1.54) is 0 Å². The number of rotatable bonds is 4. The Morgan fingerprint density at radius 2 is 1.71 bits per heavy atom. The average molecular weight is 291 g/mol. The highest BCUT2D eigenvalue weighted by Crippen LogP contribution is 2.31. The molecule has 1 aromatic carbocycles. The topological polar surface area (TPSA) is 38.8 Å². The van der Waals surface area contributed by atoms with Gasteiger partial charge in [0.05, 0.1) is 13.2 Å². The standard InChI is InChI=1S/C17H25NO3/c1-16(2)12-20-17(3,21-13-16)10-11-18(4)15(19)14-8-6-5-7-9-14/h5-9H,10-13H2,1-4H3. The zero-order valence-electron chi connectivity index (χ0n) is 13.4. The summed E-state index contributed by atoms with van der Waals surface area (Å²) in [6.45, 7) is 8.16. The molecule has 1 saturated heterocycles. The van der Waals surface area contributed by atoms with Crippen LogP contribution in [0.4, 0.5) is 0 Å². The first-order chi connectivity index (χ1) is 9.81. The van der Waals surface area contributed by atoms with Gasteiger partial charge >= 0.3 is 0 Å². The van der Waals surface area contributed by atoms with Crippen molar-refractivity contribution >= 4 is 5.91 Å². The van der Waals surface area contributed by atoms with Crippen LogP contribution in [-0.4, -0.2) is 43.4 Å². The Bertz CT molecular complexity index is 474. The summed E-state index contributed by atoms with van der Waals surface area (Å²) >= 11 is 0. The lowest BCUT2D eigenvalue weighted by atomic mass is 9.94. The van der Waals surface area contributed by atoms with Gasteiger partial charge in [-0.3, -0.25) is 4.79 Å². The van der Waals surface area contributed by atoms with Crippen molar-refractivity contribution in [1.29, 1.82) is 0 Å². The molecule has 1 fully saturated rings. The third kappa shape index (κ3) is 4.29. The van der Waals surface area contributed by atoms with Crippen molar-refractivity contribution < 1.29 is 14.3 Å². The average Bonchev–Trinajstić information content (AvgIpc) is 2.49. The number of benzene rings is 1. The van der Waals surface area contributed by atoms with Gasteiger partial charge in [0.1, 0.15) is 0 Å². The summed E-state index contributed by atoms with van der Waals surface area (Å²) < 4.78 is 11.7. The monoisotopic (exact) mass is 291 g/mol. The van der Waals surface area contributed by atoms with Crippen LogP contribution in [0.2, 0.25) is 0 Å². The van der Waals surface area contributed by atoms with Crippen LogP contribution in [0.3, 0.4) is 0 Å². The predicted octanol–water partition coefficient (Wildman–Crippen LogP) is 2.94. The number of nitrogens with zero attached hydrogens (tertiary/aromatic N) is 1. The third-order valence-corrected chi connectivity index (χ3v) is 3.81. The Morgan fingerprint density at radius 3 is 2.29 bits per heavy atom. The lowest BCUT2D eigenvalue weighted by Crippen LogP contribution is -2.47. The lowest BCUT2D eigenvalue weighted by molar-refractivity contribution is -0.292. The van der Waals surface area contributed by atoms with Crippen molar-refractivity contribution in [3.05, 3.63) is 35.9 Å². The number of hydrogen-bond acceptors (Lipinski definition) is 3. The van der Waals surface area contributed by atoms with E-state index in [2.05, 4.69) is 13.8 Å². The van der Waals surface area contributed by atoms with Crippen LogP contribution in [0.25, 0.3) is 0 Å². The van der Waals surface area contributed by atoms with Gasteiger partial charge in [-0.05, 0) is 19.1 Å². The summed E-state index contributed by atoms with van der Waals surface area (Å²) in [7, 11) is 1.81. The number of carbonyl (C=O) groups is 1. The van der Waals surface area contributed by atoms with Gasteiger partial charge in [-0.25, -0.2) is 0 Å². The van der Waals surface area contributed by atoms with Gasteiger partial charge in [0.25, 0.3) is 5.91 Å². The lowest BCUT2D eigenvalue weighted by Gasteiger charge is -2.42. The van der Waals surface area contributed by atoms with E-state index >= 15 is 0 Å². The van der Waals surface area contributed by atoms with Gasteiger partial charge in [-0.2, -0.15) is 0 Å². The van der Waals surface area contributed by atoms with Crippen molar-refractivity contribution in [1.82, 2.24) is 4.90 Å². The molecule has 0 aromatic heterocycles. The van der Waals surface area contributed by atoms with Gasteiger partial charge in [0.15, 0.2) is 5.79 Å². The van der Waals surface area contributed by atoms with Gasteiger partial charge in [0.2, 0.25) is 0 Å². The highest BCUT2D eigenvalue weighted by Gasteiger charge is 2.36. The zero-order chi connectivity index (χ0) is 15.5. The quantitative estimate of drug-likeness (QED) is 0.856. The summed E-state index contributed by atoms with van der Waals surface area (Å²) in [5.74, 6) is -0.573. The fraction of sp³-hybridized carbons (Fsp3) is 0.588. The van der Waals surface area contributed by atoms with Crippen molar-refractivity contribution in [2.75, 3.05) is 26.8 Å². The Balaban J connectivity index is 1.87. The Hall–Kier alpha value is -1.39. The van der Waals surface area contributed by atoms with Crippen LogP contribution in [0.15, 0.2) is 30.3 Å². The van der Waals surface area contributed by atoms with E-state index in [1.54, 1.807) is 4.90 Å². The second-order valence-electron chi connectivity index (χ2n) is 6.72. The van der Waals surface area contributed by atoms with Crippen molar-refractivity contribution in [2.45, 2.75) is 33.0 Å². The highest BCUT2D eigenvalue weighted by atomic mass is 16.7. The second-order valence-corrected chi connectivity index (χ2v) is 6.72. The summed E-state index contributed by atoms with van der Waals surface area (Å²) in [6, 6.07) is 9.31. The summed E-state index contributed by atoms with van der Waals surface area (Å²) in [6.07, 6.45) is 0.665. The van der Waals surface area contributed by atoms with Crippen LogP contribution in [-0.2, 0) is 9.47 Å². The van der Waals surface area contributed by atoms with E-state index in [1.807, 2.05) is 44.3 Å². The van der Waals surface area contributed by atoms with Gasteiger partial charge in [0, 0.05) is 31.0 Å². The maximum atomic E-state index is 12.3. The fourth-order valence-corrected chi connectivity index (χ4v) is 2.20. The molecular weight excluding hydrogens is 266 g/mol. The molecule has 0 saturated carbocycles. The molecule has 1 aromatic rings. The van der Waals surface area contributed by atoms with Crippen molar-refractivity contribution in [3.63, 3.8) is 0 Å². The first-order valence-corrected chi connectivity index (χ1v) is 7.40. The minimum absolute atomic E-state index is 0.0235. The van der Waals surface area contributed by atoms with Crippen LogP contribution < -0.4 is 0 Å². The van der Waals surface area contributed by atoms with Gasteiger partial charge < -0.3 is 14.4 Å². The molecule has 4 heteroatoms. The van der Waals surface area contributed by atoms with Gasteiger partial charge in [-0.1, -0.05) is 32.0 Å². The maximum absolute atomic E-state index is 12.3. The Morgan fingerprint density at radius 1 is 1.14 bits per heavy atom. The van der Waals surface area contributed by atoms with E-state index in [-0.39, 0.29) is 11.3 Å². The predicted molar refractivity (Wildman–Crippen MR) is 82.1 cm³/mol. The molecule has 4 nitrogen and oxygen atoms in total. The molecule has 21 heavy (non-hydrogen) atoms. The zero-order valence-corrected chi connectivity index (χ0v) is 13.4. The summed E-state index contributed by atoms with van der Waals surface area (Å²) in [5, 5.41) is 0. The Labute approximate surface area is 127 Å². The third-order valence-electron chi connectivity index (χ3n) is 3.81. The van der Waals surface area contributed by atoms with Crippen LogP contribution in [0, 0.1) is 5.41 Å². The van der Waals surface area contributed by atoms with Crippen LogP contribution in [0.1, 0.15) is 37.6 Å². The minimum atomic E-state index is -0.596. The van der Waals surface area contributed by atoms with Crippen molar-refractivity contribution in [2.24, 2.45) is 5.41 Å². The molecule has 2 rings (SSSR count). The van der Waals surface area contributed by atoms with E-state index < -0.39 is 5.79 Å². The summed E-state index contributed by atoms with van der Waals surface area (Å²) in [5.41, 5.74) is 0.766. The van der Waals surface area contributed by atoms with E-state index in [4.69, 9.17) is 9.47 Å². The van der Waals surface area contributed by atoms with Gasteiger partial charge in [-0.15, -0.1) is 0 Å². The first-order valence-electron chi connectivity index (χ1n) is 7.40. The molecule has 1 heterocycles. The molecule has 116 valence electrons. The fourth-order valence-electron chi connectivity index (χ4n) is 2.20. The minimum Gasteiger partial charge on any atom is -0.350 e. The van der Waals surface area contributed by atoms with E-state index in [0.29, 0.717) is 31.7 Å². The molecular formula is C17H25NO3. The molecule has 0 N–H and O–H groups in total. The summed E-state index contributed by atoms with van der Waals surface area (Å²) in [4.78, 5) is 14.0. The molecule has 1 aliphatic heterocycles. The normalized spacial score (nSPS) is 20.0. The molecule has 0 bridgehead atoms. The molecule has 1 aliphatic rings. The number of hydrogen-bond donors (Lipinski definition) is 0. The largest absolute Gasteiger partial charge is 0.350 e. The molecule has 0 unspecified atom stereocenters. The van der Waals surface area contributed by atoms with E-state index in [9.17, 15) is 4.79 Å². The number of ether oxygens (including phenoxy) is 2. The second kappa shape index (κ2) is 6.16. The number of amides is 1. The van der Waals surface area contributed by atoms with Crippen LogP contribution >= 0.6 is 0 Å². The molecule has 0 radical (unpaired) electrons. The first kappa shape index (κ1) is 16.0. The van der Waals surface area contributed by atoms with Crippen LogP contribution in [0.5, 0.6) is 0 Å². The van der Waals surface area contributed by atoms with E-state index in [0.717, 1.165) is 0 Å². The molecule has 0 aliphatic carbocycles. The Kier molecular flexibility index (Phi) is 4.69. The molecule has 0 spiro atoms. The van der Waals surface area contributed by atoms with Crippen molar-refractivity contribution in [3.8, 4) is 0 Å². The molecule has 0 atom stereocenters. The maximum Gasteiger partial charge on any atom is 0.253 e. The highest BCUT2D eigenvalue weighted by molar-refractivity contribution is 5.93. The number of carbonyl (C=O) groups excluding carboxylic acids is 1. The smallest absolute Gasteiger partial charge is 0.253 e. The molecule has 1 amide bonds. The SMILES string of the molecule is CN(CCC1(C)OCC(C)(C)CO1)C(=O)c1ccccc1.